The summed E-state index contributed by atoms with van der Waals surface area (Å²) in [5.74, 6) is 0.297. The van der Waals surface area contributed by atoms with E-state index in [9.17, 15) is 4.79 Å². The number of rotatable bonds is 6. The number of aromatic nitrogens is 2. The van der Waals surface area contributed by atoms with E-state index < -0.39 is 11.4 Å². The molecule has 1 atom stereocenters. The van der Waals surface area contributed by atoms with Crippen molar-refractivity contribution < 1.29 is 4.79 Å². The van der Waals surface area contributed by atoms with Crippen molar-refractivity contribution in [1.82, 2.24) is 9.78 Å². The smallest absolute Gasteiger partial charge is 0.254 e. The maximum atomic E-state index is 11.8. The van der Waals surface area contributed by atoms with E-state index in [4.69, 9.17) is 11.0 Å². The fourth-order valence-electron chi connectivity index (χ4n) is 2.84. The van der Waals surface area contributed by atoms with Crippen LogP contribution in [0.25, 0.3) is 0 Å². The molecule has 1 heterocycles. The molecule has 0 spiro atoms. The quantitative estimate of drug-likeness (QED) is 0.857. The van der Waals surface area contributed by atoms with Crippen LogP contribution in [0.15, 0.2) is 36.5 Å². The highest BCUT2D eigenvalue weighted by molar-refractivity contribution is 5.98. The molecule has 0 aliphatic heterocycles. The van der Waals surface area contributed by atoms with Crippen LogP contribution in [0.4, 0.5) is 11.5 Å². The molecule has 3 N–H and O–H groups in total. The van der Waals surface area contributed by atoms with Gasteiger partial charge in [-0.2, -0.15) is 10.4 Å². The van der Waals surface area contributed by atoms with Gasteiger partial charge in [0.25, 0.3) is 5.91 Å². The topological polar surface area (TPSA) is 96.7 Å². The summed E-state index contributed by atoms with van der Waals surface area (Å²) in [4.78, 5) is 11.8. The van der Waals surface area contributed by atoms with Crippen LogP contribution in [-0.2, 0) is 5.54 Å². The van der Waals surface area contributed by atoms with Crippen molar-refractivity contribution in [2.45, 2.75) is 31.7 Å². The van der Waals surface area contributed by atoms with E-state index >= 15 is 0 Å². The first-order valence-electron chi connectivity index (χ1n) is 7.63. The standard InChI is InChI=1S/C17H19N5O/c1-17(9-10-18,12-7-8-12)22-11-14(15(19)23)16(21-22)20-13-5-3-2-4-6-13/h2-6,11-12H,7-9H2,1H3,(H2,19,23)(H,20,21). The molecule has 0 radical (unpaired) electrons. The molecule has 1 saturated carbocycles. The molecular formula is C17H19N5O. The predicted molar refractivity (Wildman–Crippen MR) is 87.1 cm³/mol. The molecule has 1 amide bonds. The van der Waals surface area contributed by atoms with Crippen LogP contribution in [0.1, 0.15) is 36.5 Å². The highest BCUT2D eigenvalue weighted by atomic mass is 16.1. The molecule has 1 unspecified atom stereocenters. The SMILES string of the molecule is CC(CC#N)(C1CC1)n1cc(C(N)=O)c(Nc2ccccc2)n1. The molecule has 1 aromatic carbocycles. The van der Waals surface area contributed by atoms with Crippen LogP contribution < -0.4 is 11.1 Å². The third-order valence-corrected chi connectivity index (χ3v) is 4.43. The number of hydrogen-bond acceptors (Lipinski definition) is 4. The zero-order valence-corrected chi connectivity index (χ0v) is 13.0. The Morgan fingerprint density at radius 3 is 2.74 bits per heavy atom. The van der Waals surface area contributed by atoms with E-state index in [0.717, 1.165) is 18.5 Å². The fraction of sp³-hybridized carbons (Fsp3) is 0.353. The largest absolute Gasteiger partial charge is 0.365 e. The first kappa shape index (κ1) is 15.1. The molecule has 0 saturated heterocycles. The fourth-order valence-corrected chi connectivity index (χ4v) is 2.84. The normalized spacial score (nSPS) is 16.3. The van der Waals surface area contributed by atoms with Crippen LogP contribution in [0, 0.1) is 17.2 Å². The number of para-hydroxylation sites is 1. The van der Waals surface area contributed by atoms with Crippen molar-refractivity contribution in [3.05, 3.63) is 42.1 Å². The minimum absolute atomic E-state index is 0.332. The molecule has 1 aliphatic rings. The zero-order chi connectivity index (χ0) is 16.4. The van der Waals surface area contributed by atoms with Crippen molar-refractivity contribution in [3.8, 4) is 6.07 Å². The molecule has 6 nitrogen and oxygen atoms in total. The second-order valence-corrected chi connectivity index (χ2v) is 6.16. The molecule has 0 bridgehead atoms. The summed E-state index contributed by atoms with van der Waals surface area (Å²) in [7, 11) is 0. The lowest BCUT2D eigenvalue weighted by molar-refractivity contribution is 0.100. The number of benzene rings is 1. The summed E-state index contributed by atoms with van der Waals surface area (Å²) < 4.78 is 1.74. The van der Waals surface area contributed by atoms with E-state index in [1.807, 2.05) is 37.3 Å². The predicted octanol–water partition coefficient (Wildman–Crippen LogP) is 2.76. The number of nitrogens with two attached hydrogens (primary N) is 1. The van der Waals surface area contributed by atoms with Gasteiger partial charge in [-0.1, -0.05) is 18.2 Å². The lowest BCUT2D eigenvalue weighted by atomic mass is 9.92. The lowest BCUT2D eigenvalue weighted by Crippen LogP contribution is -2.32. The Kier molecular flexibility index (Phi) is 3.78. The van der Waals surface area contributed by atoms with Gasteiger partial charge in [0, 0.05) is 11.9 Å². The Labute approximate surface area is 134 Å². The first-order valence-corrected chi connectivity index (χ1v) is 7.63. The maximum absolute atomic E-state index is 11.8. The molecule has 2 aromatic rings. The van der Waals surface area contributed by atoms with Crippen LogP contribution in [-0.4, -0.2) is 15.7 Å². The summed E-state index contributed by atoms with van der Waals surface area (Å²) in [6.07, 6.45) is 4.16. The molecule has 1 aromatic heterocycles. The monoisotopic (exact) mass is 309 g/mol. The van der Waals surface area contributed by atoms with Gasteiger partial charge in [0.2, 0.25) is 0 Å². The van der Waals surface area contributed by atoms with E-state index in [2.05, 4.69) is 16.5 Å². The van der Waals surface area contributed by atoms with Crippen molar-refractivity contribution in [2.75, 3.05) is 5.32 Å². The number of amides is 1. The van der Waals surface area contributed by atoms with Crippen LogP contribution in [0.5, 0.6) is 0 Å². The molecule has 6 heteroatoms. The van der Waals surface area contributed by atoms with E-state index in [1.165, 1.54) is 0 Å². The molecule has 23 heavy (non-hydrogen) atoms. The lowest BCUT2D eigenvalue weighted by Gasteiger charge is -2.27. The highest BCUT2D eigenvalue weighted by Crippen LogP contribution is 2.46. The van der Waals surface area contributed by atoms with E-state index in [1.54, 1.807) is 10.9 Å². The second-order valence-electron chi connectivity index (χ2n) is 6.16. The van der Waals surface area contributed by atoms with Gasteiger partial charge in [-0.3, -0.25) is 9.48 Å². The number of nitrogens with one attached hydrogen (secondary N) is 1. The number of primary amides is 1. The summed E-state index contributed by atoms with van der Waals surface area (Å²) >= 11 is 0. The van der Waals surface area contributed by atoms with Gasteiger partial charge in [-0.15, -0.1) is 0 Å². The Balaban J connectivity index is 1.98. The van der Waals surface area contributed by atoms with Crippen LogP contribution >= 0.6 is 0 Å². The number of hydrogen-bond donors (Lipinski definition) is 2. The van der Waals surface area contributed by atoms with Gasteiger partial charge in [-0.05, 0) is 37.8 Å². The van der Waals surface area contributed by atoms with Crippen molar-refractivity contribution >= 4 is 17.4 Å². The zero-order valence-electron chi connectivity index (χ0n) is 13.0. The minimum atomic E-state index is -0.537. The van der Waals surface area contributed by atoms with Crippen LogP contribution in [0.3, 0.4) is 0 Å². The van der Waals surface area contributed by atoms with Gasteiger partial charge in [0.1, 0.15) is 5.56 Å². The minimum Gasteiger partial charge on any atom is -0.365 e. The van der Waals surface area contributed by atoms with Gasteiger partial charge in [0.05, 0.1) is 18.0 Å². The molecule has 118 valence electrons. The molecular weight excluding hydrogens is 290 g/mol. The van der Waals surface area contributed by atoms with Crippen molar-refractivity contribution in [3.63, 3.8) is 0 Å². The molecule has 3 rings (SSSR count). The highest BCUT2D eigenvalue weighted by Gasteiger charge is 2.44. The number of nitrogens with zero attached hydrogens (tertiary/aromatic N) is 3. The number of carbonyl (C=O) groups excluding carboxylic acids is 1. The van der Waals surface area contributed by atoms with E-state index in [0.29, 0.717) is 23.7 Å². The van der Waals surface area contributed by atoms with Crippen molar-refractivity contribution in [1.29, 1.82) is 5.26 Å². The number of nitriles is 1. The summed E-state index contributed by atoms with van der Waals surface area (Å²) in [6.45, 7) is 2.01. The van der Waals surface area contributed by atoms with Gasteiger partial charge in [0.15, 0.2) is 5.82 Å². The Bertz CT molecular complexity index is 757. The first-order chi connectivity index (χ1) is 11.0. The molecule has 1 fully saturated rings. The third-order valence-electron chi connectivity index (χ3n) is 4.43. The van der Waals surface area contributed by atoms with Gasteiger partial charge < -0.3 is 11.1 Å². The number of anilines is 2. The average Bonchev–Trinajstić information content (AvgIpc) is 3.30. The van der Waals surface area contributed by atoms with Gasteiger partial charge in [-0.25, -0.2) is 0 Å². The van der Waals surface area contributed by atoms with Crippen LogP contribution in [0.2, 0.25) is 0 Å². The Morgan fingerprint density at radius 1 is 1.48 bits per heavy atom. The van der Waals surface area contributed by atoms with Crippen molar-refractivity contribution in [2.24, 2.45) is 11.7 Å². The van der Waals surface area contributed by atoms with Gasteiger partial charge >= 0.3 is 0 Å². The Hall–Kier alpha value is -2.81. The summed E-state index contributed by atoms with van der Waals surface area (Å²) in [5.41, 5.74) is 6.25. The average molecular weight is 309 g/mol. The van der Waals surface area contributed by atoms with E-state index in [-0.39, 0.29) is 0 Å². The maximum Gasteiger partial charge on any atom is 0.254 e. The number of carbonyl (C=O) groups is 1. The molecule has 1 aliphatic carbocycles. The third kappa shape index (κ3) is 2.90. The summed E-state index contributed by atoms with van der Waals surface area (Å²) in [5, 5.41) is 16.8. The second kappa shape index (κ2) is 5.76. The Morgan fingerprint density at radius 2 is 2.17 bits per heavy atom. The summed E-state index contributed by atoms with van der Waals surface area (Å²) in [6, 6.07) is 11.7.